The minimum absolute atomic E-state index is 0.0446. The van der Waals surface area contributed by atoms with Gasteiger partial charge in [-0.2, -0.15) is 0 Å². The summed E-state index contributed by atoms with van der Waals surface area (Å²) in [5, 5.41) is 1.08. The SMILES string of the molecule is COc1ccc(C(CNS(=O)(=O)Cc2ccccc2)c2c[nH]c3ccccc23)cc1. The van der Waals surface area contributed by atoms with Gasteiger partial charge in [0.1, 0.15) is 5.75 Å². The molecule has 6 heteroatoms. The van der Waals surface area contributed by atoms with Crippen LogP contribution in [0.2, 0.25) is 0 Å². The van der Waals surface area contributed by atoms with Crippen molar-refractivity contribution in [1.29, 1.82) is 0 Å². The van der Waals surface area contributed by atoms with Gasteiger partial charge in [0.15, 0.2) is 0 Å². The van der Waals surface area contributed by atoms with E-state index >= 15 is 0 Å². The highest BCUT2D eigenvalue weighted by Crippen LogP contribution is 2.31. The summed E-state index contributed by atoms with van der Waals surface area (Å²) in [6.07, 6.45) is 1.96. The Hall–Kier alpha value is -3.09. The van der Waals surface area contributed by atoms with E-state index in [0.29, 0.717) is 0 Å². The first-order valence-corrected chi connectivity index (χ1v) is 11.4. The number of methoxy groups -OCH3 is 1. The number of rotatable bonds is 8. The fourth-order valence-electron chi connectivity index (χ4n) is 3.68. The van der Waals surface area contributed by atoms with Crippen LogP contribution in [-0.2, 0) is 15.8 Å². The lowest BCUT2D eigenvalue weighted by Crippen LogP contribution is -2.30. The number of benzene rings is 3. The molecule has 0 aliphatic rings. The second kappa shape index (κ2) is 8.73. The zero-order valence-corrected chi connectivity index (χ0v) is 17.5. The molecule has 154 valence electrons. The molecule has 0 saturated heterocycles. The summed E-state index contributed by atoms with van der Waals surface area (Å²) >= 11 is 0. The molecular weight excluding hydrogens is 396 g/mol. The van der Waals surface area contributed by atoms with E-state index in [4.69, 9.17) is 4.74 Å². The molecule has 4 rings (SSSR count). The third-order valence-corrected chi connectivity index (χ3v) is 6.54. The highest BCUT2D eigenvalue weighted by molar-refractivity contribution is 7.88. The molecule has 5 nitrogen and oxygen atoms in total. The average Bonchev–Trinajstić information content (AvgIpc) is 3.19. The Labute approximate surface area is 176 Å². The number of aromatic nitrogens is 1. The van der Waals surface area contributed by atoms with Crippen molar-refractivity contribution in [3.05, 3.63) is 102 Å². The number of nitrogens with one attached hydrogen (secondary N) is 2. The van der Waals surface area contributed by atoms with Crippen LogP contribution in [-0.4, -0.2) is 27.1 Å². The Morgan fingerprint density at radius 2 is 1.63 bits per heavy atom. The third-order valence-electron chi connectivity index (χ3n) is 5.22. The average molecular weight is 421 g/mol. The summed E-state index contributed by atoms with van der Waals surface area (Å²) in [6.45, 7) is 0.267. The molecule has 1 heterocycles. The van der Waals surface area contributed by atoms with Crippen LogP contribution in [0.3, 0.4) is 0 Å². The van der Waals surface area contributed by atoms with E-state index in [1.807, 2.05) is 79.0 Å². The van der Waals surface area contributed by atoms with Crippen LogP contribution in [0.4, 0.5) is 0 Å². The van der Waals surface area contributed by atoms with E-state index < -0.39 is 10.0 Å². The normalized spacial score (nSPS) is 12.7. The molecule has 0 saturated carbocycles. The van der Waals surface area contributed by atoms with Gasteiger partial charge >= 0.3 is 0 Å². The smallest absolute Gasteiger partial charge is 0.215 e. The Balaban J connectivity index is 1.63. The van der Waals surface area contributed by atoms with Crippen LogP contribution in [0, 0.1) is 0 Å². The molecule has 1 unspecified atom stereocenters. The first-order valence-electron chi connectivity index (χ1n) is 9.77. The second-order valence-corrected chi connectivity index (χ2v) is 9.02. The molecule has 0 amide bonds. The van der Waals surface area contributed by atoms with Crippen LogP contribution in [0.25, 0.3) is 10.9 Å². The number of hydrogen-bond donors (Lipinski definition) is 2. The van der Waals surface area contributed by atoms with Crippen molar-refractivity contribution < 1.29 is 13.2 Å². The van der Waals surface area contributed by atoms with Crippen molar-refractivity contribution in [2.75, 3.05) is 13.7 Å². The first kappa shape index (κ1) is 20.2. The molecule has 1 atom stereocenters. The molecule has 0 fully saturated rings. The molecule has 2 N–H and O–H groups in total. The lowest BCUT2D eigenvalue weighted by molar-refractivity contribution is 0.414. The summed E-state index contributed by atoms with van der Waals surface area (Å²) in [6, 6.07) is 25.0. The minimum Gasteiger partial charge on any atom is -0.497 e. The molecular formula is C24H24N2O3S. The van der Waals surface area contributed by atoms with Gasteiger partial charge in [0.25, 0.3) is 0 Å². The largest absolute Gasteiger partial charge is 0.497 e. The van der Waals surface area contributed by atoms with Crippen molar-refractivity contribution in [3.63, 3.8) is 0 Å². The molecule has 0 radical (unpaired) electrons. The highest BCUT2D eigenvalue weighted by Gasteiger charge is 2.21. The van der Waals surface area contributed by atoms with E-state index in [-0.39, 0.29) is 18.2 Å². The number of H-pyrrole nitrogens is 1. The Morgan fingerprint density at radius 3 is 2.37 bits per heavy atom. The van der Waals surface area contributed by atoms with Crippen molar-refractivity contribution in [1.82, 2.24) is 9.71 Å². The standard InChI is InChI=1S/C24H24N2O3S/c1-29-20-13-11-19(12-14-20)22(23-15-25-24-10-6-5-9-21(23)24)16-26-30(27,28)17-18-7-3-2-4-8-18/h2-15,22,25-26H,16-17H2,1H3. The van der Waals surface area contributed by atoms with E-state index in [9.17, 15) is 8.42 Å². The molecule has 1 aromatic heterocycles. The second-order valence-electron chi connectivity index (χ2n) is 7.21. The van der Waals surface area contributed by atoms with Gasteiger partial charge in [-0.3, -0.25) is 0 Å². The van der Waals surface area contributed by atoms with E-state index in [1.165, 1.54) is 0 Å². The van der Waals surface area contributed by atoms with Gasteiger partial charge in [-0.05, 0) is 34.9 Å². The van der Waals surface area contributed by atoms with Gasteiger partial charge in [0.2, 0.25) is 10.0 Å². The Morgan fingerprint density at radius 1 is 0.933 bits per heavy atom. The fourth-order valence-corrected chi connectivity index (χ4v) is 4.83. The van der Waals surface area contributed by atoms with Gasteiger partial charge in [-0.15, -0.1) is 0 Å². The van der Waals surface area contributed by atoms with Gasteiger partial charge in [-0.1, -0.05) is 60.7 Å². The third kappa shape index (κ3) is 4.56. The Bertz CT molecular complexity index is 1220. The van der Waals surface area contributed by atoms with Crippen LogP contribution < -0.4 is 9.46 Å². The van der Waals surface area contributed by atoms with Gasteiger partial charge in [0.05, 0.1) is 12.9 Å². The lowest BCUT2D eigenvalue weighted by Gasteiger charge is -2.19. The van der Waals surface area contributed by atoms with Gasteiger partial charge < -0.3 is 9.72 Å². The minimum atomic E-state index is -3.48. The highest BCUT2D eigenvalue weighted by atomic mass is 32.2. The van der Waals surface area contributed by atoms with Crippen molar-refractivity contribution >= 4 is 20.9 Å². The number of hydrogen-bond acceptors (Lipinski definition) is 3. The molecule has 0 aliphatic carbocycles. The molecule has 3 aromatic carbocycles. The van der Waals surface area contributed by atoms with Crippen molar-refractivity contribution in [2.45, 2.75) is 11.7 Å². The van der Waals surface area contributed by atoms with Crippen LogP contribution >= 0.6 is 0 Å². The van der Waals surface area contributed by atoms with Crippen LogP contribution in [0.1, 0.15) is 22.6 Å². The maximum Gasteiger partial charge on any atom is 0.215 e. The predicted molar refractivity (Wildman–Crippen MR) is 120 cm³/mol. The number of ether oxygens (including phenoxy) is 1. The fraction of sp³-hybridized carbons (Fsp3) is 0.167. The molecule has 0 spiro atoms. The van der Waals surface area contributed by atoms with Crippen LogP contribution in [0.5, 0.6) is 5.75 Å². The van der Waals surface area contributed by atoms with E-state index in [2.05, 4.69) is 15.8 Å². The predicted octanol–water partition coefficient (Wildman–Crippen LogP) is 4.43. The zero-order chi connectivity index (χ0) is 21.0. The lowest BCUT2D eigenvalue weighted by atomic mass is 9.91. The van der Waals surface area contributed by atoms with Crippen LogP contribution in [0.15, 0.2) is 85.1 Å². The molecule has 4 aromatic rings. The van der Waals surface area contributed by atoms with E-state index in [0.717, 1.165) is 33.3 Å². The molecule has 30 heavy (non-hydrogen) atoms. The summed E-state index contributed by atoms with van der Waals surface area (Å²) in [7, 11) is -1.85. The van der Waals surface area contributed by atoms with Gasteiger partial charge in [0, 0.05) is 29.6 Å². The number of fused-ring (bicyclic) bond motifs is 1. The molecule has 0 bridgehead atoms. The molecule has 0 aliphatic heterocycles. The van der Waals surface area contributed by atoms with Gasteiger partial charge in [-0.25, -0.2) is 13.1 Å². The monoisotopic (exact) mass is 420 g/mol. The van der Waals surface area contributed by atoms with Crippen molar-refractivity contribution in [3.8, 4) is 5.75 Å². The Kier molecular flexibility index (Phi) is 5.88. The quantitative estimate of drug-likeness (QED) is 0.443. The first-order chi connectivity index (χ1) is 14.6. The number of sulfonamides is 1. The summed E-state index contributed by atoms with van der Waals surface area (Å²) in [4.78, 5) is 3.30. The topological polar surface area (TPSA) is 71.2 Å². The number of aromatic amines is 1. The summed E-state index contributed by atoms with van der Waals surface area (Å²) < 4.78 is 33.5. The maximum absolute atomic E-state index is 12.7. The maximum atomic E-state index is 12.7. The zero-order valence-electron chi connectivity index (χ0n) is 16.7. The van der Waals surface area contributed by atoms with E-state index in [1.54, 1.807) is 7.11 Å². The summed E-state index contributed by atoms with van der Waals surface area (Å²) in [5.41, 5.74) is 3.86. The number of para-hydroxylation sites is 1. The summed E-state index contributed by atoms with van der Waals surface area (Å²) in [5.74, 6) is 0.579. The van der Waals surface area contributed by atoms with Crippen molar-refractivity contribution in [2.24, 2.45) is 0 Å².